The number of carboxylic acids is 1. The number of benzene rings is 1. The van der Waals surface area contributed by atoms with Crippen LogP contribution in [0, 0.1) is 6.92 Å². The number of aryl methyl sites for hydroxylation is 2. The van der Waals surface area contributed by atoms with Crippen molar-refractivity contribution in [3.8, 4) is 0 Å². The van der Waals surface area contributed by atoms with E-state index < -0.39 is 17.9 Å². The van der Waals surface area contributed by atoms with E-state index in [-0.39, 0.29) is 5.76 Å². The molecule has 5 heteroatoms. The first-order chi connectivity index (χ1) is 10.1. The Hall–Kier alpha value is -2.56. The molecule has 0 aliphatic heterocycles. The van der Waals surface area contributed by atoms with E-state index in [9.17, 15) is 14.7 Å². The quantitative estimate of drug-likeness (QED) is 0.855. The number of aliphatic carboxylic acids is 1. The van der Waals surface area contributed by atoms with E-state index in [0.29, 0.717) is 18.4 Å². The van der Waals surface area contributed by atoms with Crippen molar-refractivity contribution in [1.29, 1.82) is 0 Å². The molecule has 2 aromatic rings. The second kappa shape index (κ2) is 6.74. The van der Waals surface area contributed by atoms with Crippen molar-refractivity contribution in [2.75, 3.05) is 0 Å². The van der Waals surface area contributed by atoms with Crippen LogP contribution in [0.4, 0.5) is 0 Å². The van der Waals surface area contributed by atoms with E-state index in [1.54, 1.807) is 13.0 Å². The third-order valence-corrected chi connectivity index (χ3v) is 3.24. The molecule has 0 radical (unpaired) electrons. The molecule has 0 spiro atoms. The number of amides is 1. The van der Waals surface area contributed by atoms with E-state index in [1.165, 1.54) is 6.26 Å². The third-order valence-electron chi connectivity index (χ3n) is 3.24. The maximum Gasteiger partial charge on any atom is 0.326 e. The van der Waals surface area contributed by atoms with Gasteiger partial charge in [0.2, 0.25) is 0 Å². The van der Waals surface area contributed by atoms with Crippen LogP contribution in [0.25, 0.3) is 0 Å². The van der Waals surface area contributed by atoms with E-state index in [1.807, 2.05) is 30.3 Å². The van der Waals surface area contributed by atoms with Gasteiger partial charge in [0, 0.05) is 5.56 Å². The topological polar surface area (TPSA) is 79.5 Å². The zero-order valence-electron chi connectivity index (χ0n) is 11.7. The maximum absolute atomic E-state index is 12.0. The summed E-state index contributed by atoms with van der Waals surface area (Å²) in [4.78, 5) is 23.3. The summed E-state index contributed by atoms with van der Waals surface area (Å²) in [5.74, 6) is -1.40. The van der Waals surface area contributed by atoms with Crippen molar-refractivity contribution in [3.05, 3.63) is 59.5 Å². The van der Waals surface area contributed by atoms with Crippen LogP contribution in [-0.2, 0) is 11.2 Å². The third kappa shape index (κ3) is 3.95. The Labute approximate surface area is 122 Å². The molecule has 110 valence electrons. The Morgan fingerprint density at radius 2 is 1.95 bits per heavy atom. The monoisotopic (exact) mass is 287 g/mol. The molecule has 1 unspecified atom stereocenters. The Bertz CT molecular complexity index is 618. The predicted molar refractivity (Wildman–Crippen MR) is 77.1 cm³/mol. The Kier molecular flexibility index (Phi) is 4.77. The number of furan rings is 1. The molecule has 1 atom stereocenters. The Balaban J connectivity index is 1.98. The Morgan fingerprint density at radius 1 is 1.24 bits per heavy atom. The molecule has 2 N–H and O–H groups in total. The summed E-state index contributed by atoms with van der Waals surface area (Å²) in [7, 11) is 0. The molecule has 0 aliphatic rings. The minimum absolute atomic E-state index is 0.154. The highest BCUT2D eigenvalue weighted by atomic mass is 16.4. The average molecular weight is 287 g/mol. The fourth-order valence-electron chi connectivity index (χ4n) is 2.04. The van der Waals surface area contributed by atoms with Crippen LogP contribution < -0.4 is 5.32 Å². The van der Waals surface area contributed by atoms with Gasteiger partial charge in [0.25, 0.3) is 5.91 Å². The highest BCUT2D eigenvalue weighted by molar-refractivity contribution is 5.95. The lowest BCUT2D eigenvalue weighted by molar-refractivity contribution is -0.139. The van der Waals surface area contributed by atoms with E-state index in [0.717, 1.165) is 5.56 Å². The molecule has 1 amide bonds. The summed E-state index contributed by atoms with van der Waals surface area (Å²) in [5, 5.41) is 11.7. The second-order valence-electron chi connectivity index (χ2n) is 4.82. The van der Waals surface area contributed by atoms with Gasteiger partial charge in [0.05, 0.1) is 6.26 Å². The molecule has 5 nitrogen and oxygen atoms in total. The summed E-state index contributed by atoms with van der Waals surface area (Å²) in [5.41, 5.74) is 1.71. The number of rotatable bonds is 6. The van der Waals surface area contributed by atoms with Crippen LogP contribution in [0.5, 0.6) is 0 Å². The van der Waals surface area contributed by atoms with Gasteiger partial charge in [-0.3, -0.25) is 4.79 Å². The number of carboxylic acid groups (broad SMARTS) is 1. The molecular weight excluding hydrogens is 270 g/mol. The minimum atomic E-state index is -1.05. The number of carbonyl (C=O) groups excluding carboxylic acids is 1. The smallest absolute Gasteiger partial charge is 0.326 e. The standard InChI is InChI=1S/C16H17NO4/c1-11-9-10-21-14(11)15(18)17-13(16(19)20)8-7-12-5-3-2-4-6-12/h2-6,9-10,13H,7-8H2,1H3,(H,17,18)(H,19,20). The molecule has 0 fully saturated rings. The summed E-state index contributed by atoms with van der Waals surface area (Å²) < 4.78 is 5.06. The summed E-state index contributed by atoms with van der Waals surface area (Å²) in [6, 6.07) is 10.3. The van der Waals surface area contributed by atoms with Crippen LogP contribution in [0.2, 0.25) is 0 Å². The van der Waals surface area contributed by atoms with Crippen LogP contribution in [-0.4, -0.2) is 23.0 Å². The lowest BCUT2D eigenvalue weighted by Crippen LogP contribution is -2.41. The first kappa shape index (κ1) is 14.8. The van der Waals surface area contributed by atoms with Crippen LogP contribution in [0.1, 0.15) is 28.1 Å². The van der Waals surface area contributed by atoms with Crippen LogP contribution in [0.3, 0.4) is 0 Å². The molecular formula is C16H17NO4. The predicted octanol–water partition coefficient (Wildman–Crippen LogP) is 2.40. The molecule has 1 aromatic heterocycles. The summed E-state index contributed by atoms with van der Waals surface area (Å²) >= 11 is 0. The van der Waals surface area contributed by atoms with E-state index in [4.69, 9.17) is 4.42 Å². The van der Waals surface area contributed by atoms with Crippen molar-refractivity contribution in [2.45, 2.75) is 25.8 Å². The van der Waals surface area contributed by atoms with Gasteiger partial charge in [-0.2, -0.15) is 0 Å². The molecule has 0 aliphatic carbocycles. The summed E-state index contributed by atoms with van der Waals surface area (Å²) in [6.07, 6.45) is 2.31. The average Bonchev–Trinajstić information content (AvgIpc) is 2.90. The normalized spacial score (nSPS) is 11.9. The fraction of sp³-hybridized carbons (Fsp3) is 0.250. The minimum Gasteiger partial charge on any atom is -0.480 e. The molecule has 1 aromatic carbocycles. The molecule has 21 heavy (non-hydrogen) atoms. The molecule has 0 saturated heterocycles. The largest absolute Gasteiger partial charge is 0.480 e. The number of hydrogen-bond donors (Lipinski definition) is 2. The zero-order valence-corrected chi connectivity index (χ0v) is 11.7. The molecule has 2 rings (SSSR count). The van der Waals surface area contributed by atoms with Crippen molar-refractivity contribution < 1.29 is 19.1 Å². The Morgan fingerprint density at radius 3 is 2.52 bits per heavy atom. The lowest BCUT2D eigenvalue weighted by Gasteiger charge is -2.14. The highest BCUT2D eigenvalue weighted by Gasteiger charge is 2.22. The zero-order chi connectivity index (χ0) is 15.2. The van der Waals surface area contributed by atoms with Gasteiger partial charge in [0.15, 0.2) is 5.76 Å². The van der Waals surface area contributed by atoms with E-state index >= 15 is 0 Å². The van der Waals surface area contributed by atoms with E-state index in [2.05, 4.69) is 5.32 Å². The molecule has 1 heterocycles. The van der Waals surface area contributed by atoms with Crippen molar-refractivity contribution >= 4 is 11.9 Å². The van der Waals surface area contributed by atoms with Crippen molar-refractivity contribution in [3.63, 3.8) is 0 Å². The number of carbonyl (C=O) groups is 2. The number of hydrogen-bond acceptors (Lipinski definition) is 3. The highest BCUT2D eigenvalue weighted by Crippen LogP contribution is 2.10. The van der Waals surface area contributed by atoms with Crippen molar-refractivity contribution in [2.24, 2.45) is 0 Å². The maximum atomic E-state index is 12.0. The van der Waals surface area contributed by atoms with Crippen molar-refractivity contribution in [1.82, 2.24) is 5.32 Å². The summed E-state index contributed by atoms with van der Waals surface area (Å²) in [6.45, 7) is 1.73. The first-order valence-electron chi connectivity index (χ1n) is 6.69. The molecule has 0 bridgehead atoms. The fourth-order valence-corrected chi connectivity index (χ4v) is 2.04. The lowest BCUT2D eigenvalue weighted by atomic mass is 10.1. The second-order valence-corrected chi connectivity index (χ2v) is 4.82. The van der Waals surface area contributed by atoms with Gasteiger partial charge in [0.1, 0.15) is 6.04 Å². The van der Waals surface area contributed by atoms with Gasteiger partial charge < -0.3 is 14.8 Å². The van der Waals surface area contributed by atoms with Gasteiger partial charge in [-0.25, -0.2) is 4.79 Å². The van der Waals surface area contributed by atoms with Gasteiger partial charge in [-0.1, -0.05) is 30.3 Å². The van der Waals surface area contributed by atoms with Crippen LogP contribution >= 0.6 is 0 Å². The van der Waals surface area contributed by atoms with Crippen LogP contribution in [0.15, 0.2) is 47.1 Å². The van der Waals surface area contributed by atoms with Gasteiger partial charge in [-0.15, -0.1) is 0 Å². The van der Waals surface area contributed by atoms with Gasteiger partial charge >= 0.3 is 5.97 Å². The number of nitrogens with one attached hydrogen (secondary N) is 1. The first-order valence-corrected chi connectivity index (χ1v) is 6.69. The SMILES string of the molecule is Cc1ccoc1C(=O)NC(CCc1ccccc1)C(=O)O. The molecule has 0 saturated carbocycles. The van der Waals surface area contributed by atoms with Gasteiger partial charge in [-0.05, 0) is 31.4 Å².